The van der Waals surface area contributed by atoms with Gasteiger partial charge in [-0.25, -0.2) is 13.2 Å². The van der Waals surface area contributed by atoms with Crippen molar-refractivity contribution >= 4 is 23.6 Å². The lowest BCUT2D eigenvalue weighted by molar-refractivity contribution is -0.115. The molecular weight excluding hydrogens is 435 g/mol. The second kappa shape index (κ2) is 9.15. The van der Waals surface area contributed by atoms with Gasteiger partial charge in [-0.2, -0.15) is 0 Å². The number of nitrogens with one attached hydrogen (secondary N) is 2. The molecule has 0 saturated heterocycles. The van der Waals surface area contributed by atoms with Gasteiger partial charge in [0.2, 0.25) is 5.91 Å². The van der Waals surface area contributed by atoms with E-state index in [1.807, 2.05) is 18.2 Å². The van der Waals surface area contributed by atoms with E-state index in [4.69, 9.17) is 0 Å². The van der Waals surface area contributed by atoms with Gasteiger partial charge in [0.05, 0.1) is 13.0 Å². The second-order valence-corrected chi connectivity index (χ2v) is 7.48. The molecule has 0 unspecified atom stereocenters. The van der Waals surface area contributed by atoms with Crippen molar-refractivity contribution in [3.63, 3.8) is 0 Å². The third-order valence-electron chi connectivity index (χ3n) is 5.11. The molecular formula is C24H18F3N3O3. The normalized spacial score (nSPS) is 12.6. The number of anilines is 1. The monoisotopic (exact) mass is 453 g/mol. The first kappa shape index (κ1) is 22.1. The maximum Gasteiger partial charge on any atom is 0.263 e. The Morgan fingerprint density at radius 2 is 1.85 bits per heavy atom. The van der Waals surface area contributed by atoms with Crippen molar-refractivity contribution in [2.45, 2.75) is 13.0 Å². The van der Waals surface area contributed by atoms with Gasteiger partial charge in [0.15, 0.2) is 17.5 Å². The molecule has 1 aromatic heterocycles. The number of carbonyl (C=O) groups is 2. The highest BCUT2D eigenvalue weighted by Crippen LogP contribution is 2.24. The third kappa shape index (κ3) is 4.87. The van der Waals surface area contributed by atoms with Gasteiger partial charge in [-0.05, 0) is 53.1 Å². The van der Waals surface area contributed by atoms with Crippen molar-refractivity contribution < 1.29 is 22.8 Å². The van der Waals surface area contributed by atoms with E-state index in [9.17, 15) is 27.6 Å². The molecule has 6 nitrogen and oxygen atoms in total. The molecule has 1 aliphatic rings. The number of fused-ring (bicyclic) bond motifs is 1. The SMILES string of the molecule is O=C1Cc2cc(/C=C/CNC(=O)c3cccn(Cc4cc(F)c(F)c(F)c4)c3=O)ccc2N1. The lowest BCUT2D eigenvalue weighted by Crippen LogP contribution is -2.33. The molecule has 0 atom stereocenters. The number of hydrogen-bond donors (Lipinski definition) is 2. The summed E-state index contributed by atoms with van der Waals surface area (Å²) >= 11 is 0. The Hall–Kier alpha value is -4.14. The number of carbonyl (C=O) groups excluding carboxylic acids is 2. The molecule has 0 spiro atoms. The summed E-state index contributed by atoms with van der Waals surface area (Å²) in [6, 6.07) is 9.92. The molecule has 2 N–H and O–H groups in total. The summed E-state index contributed by atoms with van der Waals surface area (Å²) in [5.41, 5.74) is 1.80. The summed E-state index contributed by atoms with van der Waals surface area (Å²) < 4.78 is 41.1. The molecule has 9 heteroatoms. The average Bonchev–Trinajstić information content (AvgIpc) is 3.15. The Kier molecular flexibility index (Phi) is 6.12. The number of pyridine rings is 1. The fourth-order valence-corrected chi connectivity index (χ4v) is 3.52. The lowest BCUT2D eigenvalue weighted by atomic mass is 10.1. The topological polar surface area (TPSA) is 80.2 Å². The maximum atomic E-state index is 13.4. The van der Waals surface area contributed by atoms with Crippen LogP contribution in [0.4, 0.5) is 18.9 Å². The van der Waals surface area contributed by atoms with Crippen LogP contribution in [0.3, 0.4) is 0 Å². The number of halogens is 3. The average molecular weight is 453 g/mol. The molecule has 0 fully saturated rings. The highest BCUT2D eigenvalue weighted by Gasteiger charge is 2.17. The molecule has 168 valence electrons. The van der Waals surface area contributed by atoms with E-state index >= 15 is 0 Å². The van der Waals surface area contributed by atoms with Crippen LogP contribution in [0, 0.1) is 17.5 Å². The molecule has 1 aliphatic heterocycles. The van der Waals surface area contributed by atoms with Crippen LogP contribution in [-0.4, -0.2) is 22.9 Å². The fraction of sp³-hybridized carbons (Fsp3) is 0.125. The summed E-state index contributed by atoms with van der Waals surface area (Å²) in [6.45, 7) is -0.0838. The van der Waals surface area contributed by atoms with Gasteiger partial charge in [-0.1, -0.05) is 18.2 Å². The summed E-state index contributed by atoms with van der Waals surface area (Å²) in [4.78, 5) is 36.5. The standard InChI is InChI=1S/C24H18F3N3O3/c25-18-10-15(11-19(26)22(18)27)13-30-8-2-4-17(24(30)33)23(32)28-7-1-3-14-5-6-20-16(9-14)12-21(31)29-20/h1-6,8-11H,7,12-13H2,(H,28,32)(H,29,31)/b3-1+. The number of aromatic nitrogens is 1. The number of rotatable bonds is 6. The van der Waals surface area contributed by atoms with Crippen LogP contribution < -0.4 is 16.2 Å². The van der Waals surface area contributed by atoms with E-state index in [0.717, 1.165) is 33.5 Å². The largest absolute Gasteiger partial charge is 0.348 e. The minimum atomic E-state index is -1.59. The zero-order valence-corrected chi connectivity index (χ0v) is 17.2. The van der Waals surface area contributed by atoms with E-state index in [1.165, 1.54) is 18.3 Å². The van der Waals surface area contributed by atoms with Crippen LogP contribution in [0.25, 0.3) is 6.08 Å². The van der Waals surface area contributed by atoms with Crippen molar-refractivity contribution in [1.82, 2.24) is 9.88 Å². The van der Waals surface area contributed by atoms with Gasteiger partial charge < -0.3 is 15.2 Å². The quantitative estimate of drug-likeness (QED) is 0.563. The van der Waals surface area contributed by atoms with Gasteiger partial charge in [-0.15, -0.1) is 0 Å². The van der Waals surface area contributed by atoms with E-state index in [-0.39, 0.29) is 30.1 Å². The summed E-state index contributed by atoms with van der Waals surface area (Å²) in [5, 5.41) is 5.36. The predicted octanol–water partition coefficient (Wildman–Crippen LogP) is 3.25. The van der Waals surface area contributed by atoms with E-state index in [2.05, 4.69) is 10.6 Å². The fourth-order valence-electron chi connectivity index (χ4n) is 3.52. The first-order valence-electron chi connectivity index (χ1n) is 10.0. The zero-order valence-electron chi connectivity index (χ0n) is 17.2. The van der Waals surface area contributed by atoms with E-state index in [0.29, 0.717) is 6.42 Å². The third-order valence-corrected chi connectivity index (χ3v) is 5.11. The number of hydrogen-bond acceptors (Lipinski definition) is 3. The summed E-state index contributed by atoms with van der Waals surface area (Å²) in [7, 11) is 0. The molecule has 33 heavy (non-hydrogen) atoms. The Morgan fingerprint density at radius 3 is 2.61 bits per heavy atom. The Morgan fingerprint density at radius 1 is 1.09 bits per heavy atom. The number of nitrogens with zero attached hydrogens (tertiary/aromatic N) is 1. The molecule has 0 aliphatic carbocycles. The van der Waals surface area contributed by atoms with E-state index in [1.54, 1.807) is 12.2 Å². The van der Waals surface area contributed by atoms with Crippen LogP contribution in [0.2, 0.25) is 0 Å². The minimum absolute atomic E-state index is 0.0419. The highest BCUT2D eigenvalue weighted by atomic mass is 19.2. The molecule has 0 saturated carbocycles. The summed E-state index contributed by atoms with van der Waals surface area (Å²) in [6.07, 6.45) is 5.18. The zero-order chi connectivity index (χ0) is 23.5. The molecule has 2 heterocycles. The first-order chi connectivity index (χ1) is 15.8. The van der Waals surface area contributed by atoms with Crippen LogP contribution in [0.5, 0.6) is 0 Å². The van der Waals surface area contributed by atoms with Gasteiger partial charge in [0, 0.05) is 18.4 Å². The van der Waals surface area contributed by atoms with Crippen LogP contribution in [-0.2, 0) is 17.8 Å². The van der Waals surface area contributed by atoms with Gasteiger partial charge in [0.25, 0.3) is 11.5 Å². The molecule has 0 radical (unpaired) electrons. The Labute approximate surface area is 186 Å². The predicted molar refractivity (Wildman–Crippen MR) is 116 cm³/mol. The van der Waals surface area contributed by atoms with Crippen molar-refractivity contribution in [3.8, 4) is 0 Å². The van der Waals surface area contributed by atoms with Crippen molar-refractivity contribution in [2.24, 2.45) is 0 Å². The second-order valence-electron chi connectivity index (χ2n) is 7.48. The van der Waals surface area contributed by atoms with Crippen LogP contribution >= 0.6 is 0 Å². The molecule has 2 aromatic carbocycles. The maximum absolute atomic E-state index is 13.4. The Bertz CT molecular complexity index is 1330. The highest BCUT2D eigenvalue weighted by molar-refractivity contribution is 5.99. The first-order valence-corrected chi connectivity index (χ1v) is 10.0. The van der Waals surface area contributed by atoms with Crippen LogP contribution in [0.15, 0.2) is 59.5 Å². The lowest BCUT2D eigenvalue weighted by Gasteiger charge is -2.09. The van der Waals surface area contributed by atoms with Crippen molar-refractivity contribution in [3.05, 3.63) is 105 Å². The molecule has 3 aromatic rings. The molecule has 2 amide bonds. The molecule has 0 bridgehead atoms. The Balaban J connectivity index is 1.41. The number of amides is 2. The molecule has 4 rings (SSSR count). The minimum Gasteiger partial charge on any atom is -0.348 e. The van der Waals surface area contributed by atoms with Gasteiger partial charge >= 0.3 is 0 Å². The van der Waals surface area contributed by atoms with Gasteiger partial charge in [-0.3, -0.25) is 14.4 Å². The van der Waals surface area contributed by atoms with Gasteiger partial charge in [0.1, 0.15) is 5.56 Å². The van der Waals surface area contributed by atoms with Crippen molar-refractivity contribution in [1.29, 1.82) is 0 Å². The number of benzene rings is 2. The summed E-state index contributed by atoms with van der Waals surface area (Å²) in [5.74, 6) is -4.96. The smallest absolute Gasteiger partial charge is 0.263 e. The van der Waals surface area contributed by atoms with E-state index < -0.39 is 28.9 Å². The van der Waals surface area contributed by atoms with Crippen molar-refractivity contribution in [2.75, 3.05) is 11.9 Å². The van der Waals surface area contributed by atoms with Crippen LogP contribution in [0.1, 0.15) is 27.0 Å².